The molecular formula is C24H36N2O3. The smallest absolute Gasteiger partial charge is 0.322 e. The molecule has 5 nitrogen and oxygen atoms in total. The number of nitrogens with one attached hydrogen (secondary N) is 1. The Morgan fingerprint density at radius 1 is 1.17 bits per heavy atom. The van der Waals surface area contributed by atoms with Crippen molar-refractivity contribution in [1.29, 1.82) is 0 Å². The van der Waals surface area contributed by atoms with Gasteiger partial charge >= 0.3 is 12.0 Å². The number of aliphatic carboxylic acids is 1. The van der Waals surface area contributed by atoms with Crippen molar-refractivity contribution < 1.29 is 14.7 Å². The third-order valence-corrected chi connectivity index (χ3v) is 5.64. The number of amides is 2. The summed E-state index contributed by atoms with van der Waals surface area (Å²) >= 11 is 0. The number of hydrogen-bond acceptors (Lipinski definition) is 2. The second-order valence-electron chi connectivity index (χ2n) is 8.79. The molecule has 0 saturated heterocycles. The molecule has 29 heavy (non-hydrogen) atoms. The zero-order valence-electron chi connectivity index (χ0n) is 18.5. The number of urea groups is 1. The Kier molecular flexibility index (Phi) is 7.88. The van der Waals surface area contributed by atoms with Crippen LogP contribution in [-0.2, 0) is 16.8 Å². The van der Waals surface area contributed by atoms with Crippen LogP contribution in [0.2, 0.25) is 0 Å². The van der Waals surface area contributed by atoms with Gasteiger partial charge in [0.15, 0.2) is 0 Å². The fraction of sp³-hybridized carbons (Fsp3) is 0.583. The molecule has 0 aromatic heterocycles. The van der Waals surface area contributed by atoms with E-state index in [-0.39, 0.29) is 24.9 Å². The Balaban J connectivity index is 2.40. The molecule has 1 heterocycles. The summed E-state index contributed by atoms with van der Waals surface area (Å²) in [6, 6.07) is 8.42. The molecule has 1 aromatic rings. The van der Waals surface area contributed by atoms with Gasteiger partial charge < -0.3 is 15.3 Å². The van der Waals surface area contributed by atoms with Crippen molar-refractivity contribution in [3.05, 3.63) is 47.2 Å². The van der Waals surface area contributed by atoms with Crippen molar-refractivity contribution >= 4 is 12.0 Å². The molecule has 0 aliphatic carbocycles. The van der Waals surface area contributed by atoms with Crippen molar-refractivity contribution in [3.8, 4) is 0 Å². The standard InChI is InChI=1S/C24H36N2O3/c1-6-14-24(20-11-9-19(10-12-20)8-7-17(2)3)21(18(4)5)16-26(23(29)25-24)15-13-22(27)28/h9-12,16-18H,6-8,13-15H2,1-5H3,(H,25,29)(H,27,28)/t24-/m0/s1. The van der Waals surface area contributed by atoms with E-state index in [1.165, 1.54) is 10.5 Å². The number of carboxylic acid groups (broad SMARTS) is 1. The van der Waals surface area contributed by atoms with E-state index in [1.54, 1.807) is 0 Å². The van der Waals surface area contributed by atoms with Gasteiger partial charge in [0, 0.05) is 12.7 Å². The third kappa shape index (κ3) is 5.62. The molecule has 2 N–H and O–H groups in total. The van der Waals surface area contributed by atoms with Crippen LogP contribution in [0.4, 0.5) is 4.79 Å². The van der Waals surface area contributed by atoms with Crippen LogP contribution in [0.1, 0.15) is 71.4 Å². The largest absolute Gasteiger partial charge is 0.481 e. The number of aryl methyl sites for hydroxylation is 1. The number of carboxylic acids is 1. The van der Waals surface area contributed by atoms with E-state index in [0.29, 0.717) is 5.92 Å². The SMILES string of the molecule is CCC[C@@]1(c2ccc(CCC(C)C)cc2)NC(=O)N(CCC(=O)O)C=C1C(C)C. The summed E-state index contributed by atoms with van der Waals surface area (Å²) in [5, 5.41) is 12.2. The maximum atomic E-state index is 12.9. The van der Waals surface area contributed by atoms with E-state index in [4.69, 9.17) is 5.11 Å². The number of hydrogen-bond donors (Lipinski definition) is 2. The first-order chi connectivity index (χ1) is 13.7. The topological polar surface area (TPSA) is 69.6 Å². The molecule has 5 heteroatoms. The van der Waals surface area contributed by atoms with Crippen molar-refractivity contribution in [3.63, 3.8) is 0 Å². The maximum Gasteiger partial charge on any atom is 0.322 e. The zero-order chi connectivity index (χ0) is 21.6. The van der Waals surface area contributed by atoms with Crippen molar-refractivity contribution in [2.75, 3.05) is 6.54 Å². The number of benzene rings is 1. The van der Waals surface area contributed by atoms with Crippen LogP contribution < -0.4 is 5.32 Å². The quantitative estimate of drug-likeness (QED) is 0.559. The minimum Gasteiger partial charge on any atom is -0.481 e. The number of nitrogens with zero attached hydrogens (tertiary/aromatic N) is 1. The van der Waals surface area contributed by atoms with E-state index in [9.17, 15) is 9.59 Å². The number of carbonyl (C=O) groups excluding carboxylic acids is 1. The second kappa shape index (κ2) is 9.95. The molecule has 0 unspecified atom stereocenters. The van der Waals surface area contributed by atoms with Crippen molar-refractivity contribution in [2.45, 2.75) is 72.3 Å². The molecule has 1 atom stereocenters. The number of carbonyl (C=O) groups is 2. The summed E-state index contributed by atoms with van der Waals surface area (Å²) in [6.45, 7) is 11.0. The van der Waals surface area contributed by atoms with E-state index >= 15 is 0 Å². The van der Waals surface area contributed by atoms with E-state index in [2.05, 4.69) is 64.2 Å². The lowest BCUT2D eigenvalue weighted by molar-refractivity contribution is -0.137. The van der Waals surface area contributed by atoms with Gasteiger partial charge in [-0.2, -0.15) is 0 Å². The Bertz CT molecular complexity index is 737. The van der Waals surface area contributed by atoms with Crippen LogP contribution in [0.5, 0.6) is 0 Å². The van der Waals surface area contributed by atoms with Gasteiger partial charge in [0.25, 0.3) is 0 Å². The first-order valence-electron chi connectivity index (χ1n) is 10.8. The maximum absolute atomic E-state index is 12.9. The lowest BCUT2D eigenvalue weighted by atomic mass is 9.74. The predicted molar refractivity (Wildman–Crippen MR) is 117 cm³/mol. The lowest BCUT2D eigenvalue weighted by Crippen LogP contribution is -2.56. The predicted octanol–water partition coefficient (Wildman–Crippen LogP) is 5.31. The van der Waals surface area contributed by atoms with Crippen molar-refractivity contribution in [2.24, 2.45) is 11.8 Å². The molecule has 2 rings (SSSR count). The average Bonchev–Trinajstić information content (AvgIpc) is 2.65. The summed E-state index contributed by atoms with van der Waals surface area (Å²) < 4.78 is 0. The highest BCUT2D eigenvalue weighted by molar-refractivity contribution is 5.80. The Labute approximate surface area is 175 Å². The van der Waals surface area contributed by atoms with E-state index < -0.39 is 11.5 Å². The monoisotopic (exact) mass is 400 g/mol. The van der Waals surface area contributed by atoms with Gasteiger partial charge in [-0.1, -0.05) is 65.3 Å². The Morgan fingerprint density at radius 3 is 2.34 bits per heavy atom. The lowest BCUT2D eigenvalue weighted by Gasteiger charge is -2.44. The summed E-state index contributed by atoms with van der Waals surface area (Å²) in [6.07, 6.45) is 5.76. The minimum absolute atomic E-state index is 0.0688. The highest BCUT2D eigenvalue weighted by atomic mass is 16.4. The average molecular weight is 401 g/mol. The molecule has 1 aromatic carbocycles. The second-order valence-corrected chi connectivity index (χ2v) is 8.79. The van der Waals surface area contributed by atoms with Gasteiger partial charge in [0.2, 0.25) is 0 Å². The van der Waals surface area contributed by atoms with Crippen LogP contribution in [0.25, 0.3) is 0 Å². The molecule has 160 valence electrons. The van der Waals surface area contributed by atoms with Crippen LogP contribution in [-0.4, -0.2) is 28.6 Å². The van der Waals surface area contributed by atoms with Crippen LogP contribution in [0.15, 0.2) is 36.0 Å². The van der Waals surface area contributed by atoms with Crippen LogP contribution in [0.3, 0.4) is 0 Å². The molecule has 0 fully saturated rings. The normalized spacial score (nSPS) is 19.5. The van der Waals surface area contributed by atoms with Gasteiger partial charge in [-0.05, 0) is 47.8 Å². The molecule has 0 spiro atoms. The first kappa shape index (κ1) is 23.0. The van der Waals surface area contributed by atoms with Gasteiger partial charge in [-0.25, -0.2) is 4.79 Å². The highest BCUT2D eigenvalue weighted by Crippen LogP contribution is 2.41. The van der Waals surface area contributed by atoms with Gasteiger partial charge in [0.1, 0.15) is 0 Å². The molecule has 0 bridgehead atoms. The third-order valence-electron chi connectivity index (χ3n) is 5.64. The van der Waals surface area contributed by atoms with Crippen LogP contribution in [0, 0.1) is 11.8 Å². The van der Waals surface area contributed by atoms with E-state index in [1.807, 2.05) is 6.20 Å². The Hall–Kier alpha value is -2.30. The van der Waals surface area contributed by atoms with Gasteiger partial charge in [0.05, 0.1) is 12.0 Å². The number of rotatable bonds is 10. The van der Waals surface area contributed by atoms with Crippen LogP contribution >= 0.6 is 0 Å². The zero-order valence-corrected chi connectivity index (χ0v) is 18.5. The minimum atomic E-state index is -0.903. The summed E-state index contributed by atoms with van der Waals surface area (Å²) in [4.78, 5) is 25.3. The summed E-state index contributed by atoms with van der Waals surface area (Å²) in [7, 11) is 0. The van der Waals surface area contributed by atoms with Crippen molar-refractivity contribution in [1.82, 2.24) is 10.2 Å². The molecule has 0 radical (unpaired) electrons. The highest BCUT2D eigenvalue weighted by Gasteiger charge is 2.42. The fourth-order valence-electron chi connectivity index (χ4n) is 4.06. The molecule has 2 amide bonds. The summed E-state index contributed by atoms with van der Waals surface area (Å²) in [5.41, 5.74) is 2.99. The molecule has 0 saturated carbocycles. The van der Waals surface area contributed by atoms with E-state index in [0.717, 1.165) is 36.8 Å². The molecular weight excluding hydrogens is 364 g/mol. The molecule has 1 aliphatic heterocycles. The van der Waals surface area contributed by atoms with Gasteiger partial charge in [-0.3, -0.25) is 4.79 Å². The fourth-order valence-corrected chi connectivity index (χ4v) is 4.06. The molecule has 1 aliphatic rings. The first-order valence-corrected chi connectivity index (χ1v) is 10.8. The Morgan fingerprint density at radius 2 is 1.83 bits per heavy atom. The van der Waals surface area contributed by atoms with Gasteiger partial charge in [-0.15, -0.1) is 0 Å². The summed E-state index contributed by atoms with van der Waals surface area (Å²) in [5.74, 6) is -0.0132.